The Balaban J connectivity index is 1.52. The number of anilines is 2. The summed E-state index contributed by atoms with van der Waals surface area (Å²) in [6, 6.07) is 14.7. The number of aryl methyl sites for hydroxylation is 1. The fraction of sp³-hybridized carbons (Fsp3) is 0.345. The lowest BCUT2D eigenvalue weighted by Gasteiger charge is -2.35. The minimum absolute atomic E-state index is 0.00883. The van der Waals surface area contributed by atoms with Crippen molar-refractivity contribution in [3.05, 3.63) is 74.9 Å². The average Bonchev–Trinajstić information content (AvgIpc) is 3.34. The zero-order valence-electron chi connectivity index (χ0n) is 22.0. The molecule has 2 aromatic heterocycles. The van der Waals surface area contributed by atoms with Crippen molar-refractivity contribution >= 4 is 22.8 Å². The van der Waals surface area contributed by atoms with Crippen LogP contribution in [0.4, 0.5) is 11.6 Å². The third-order valence-electron chi connectivity index (χ3n) is 7.78. The van der Waals surface area contributed by atoms with Gasteiger partial charge in [-0.05, 0) is 37.0 Å². The Labute approximate surface area is 225 Å². The van der Waals surface area contributed by atoms with Crippen molar-refractivity contribution in [2.75, 3.05) is 23.1 Å². The summed E-state index contributed by atoms with van der Waals surface area (Å²) in [5, 5.41) is 12.5. The molecule has 2 atom stereocenters. The number of piperidine rings is 1. The van der Waals surface area contributed by atoms with Gasteiger partial charge in [-0.15, -0.1) is 5.92 Å². The molecule has 4 aromatic rings. The van der Waals surface area contributed by atoms with Gasteiger partial charge in [0.25, 0.3) is 5.56 Å². The molecule has 6 rings (SSSR count). The number of imidazole rings is 1. The average molecular weight is 526 g/mol. The molecule has 2 aromatic carbocycles. The van der Waals surface area contributed by atoms with Crippen LogP contribution in [0.25, 0.3) is 22.3 Å². The van der Waals surface area contributed by atoms with Gasteiger partial charge >= 0.3 is 5.69 Å². The van der Waals surface area contributed by atoms with Gasteiger partial charge in [0.15, 0.2) is 11.2 Å². The highest BCUT2D eigenvalue weighted by Gasteiger charge is 2.32. The van der Waals surface area contributed by atoms with Crippen molar-refractivity contribution in [2.45, 2.75) is 44.9 Å². The first-order valence-corrected chi connectivity index (χ1v) is 13.2. The molecule has 0 spiro atoms. The topological polar surface area (TPSA) is 115 Å². The van der Waals surface area contributed by atoms with E-state index in [4.69, 9.17) is 10.7 Å². The number of fused-ring (bicyclic) bond motifs is 4. The molecule has 3 N–H and O–H groups in total. The van der Waals surface area contributed by atoms with Crippen LogP contribution in [0.5, 0.6) is 0 Å². The van der Waals surface area contributed by atoms with E-state index in [0.717, 1.165) is 41.1 Å². The number of hydrogen-bond acceptors (Lipinski definition) is 7. The molecule has 0 bridgehead atoms. The molecule has 2 aliphatic heterocycles. The van der Waals surface area contributed by atoms with Crippen LogP contribution >= 0.6 is 0 Å². The number of nitrogens with zero attached hydrogens (tertiary/aromatic N) is 6. The molecular weight excluding hydrogens is 494 g/mol. The van der Waals surface area contributed by atoms with E-state index in [0.29, 0.717) is 29.3 Å². The van der Waals surface area contributed by atoms with Gasteiger partial charge < -0.3 is 10.6 Å². The SMILES string of the molecule is CC#CCn1c(N2CCC[C@@H](N)C2)nc2c1c(=O)n(CC1c3ccccc3-c3ccccc3N1O)c(=O)n2C. The first kappa shape index (κ1) is 25.0. The van der Waals surface area contributed by atoms with Gasteiger partial charge in [-0.2, -0.15) is 4.98 Å². The molecule has 1 unspecified atom stereocenters. The highest BCUT2D eigenvalue weighted by Crippen LogP contribution is 2.43. The van der Waals surface area contributed by atoms with Gasteiger partial charge in [-0.1, -0.05) is 48.4 Å². The third kappa shape index (κ3) is 4.02. The molecule has 2 aliphatic rings. The summed E-state index contributed by atoms with van der Waals surface area (Å²) >= 11 is 0. The summed E-state index contributed by atoms with van der Waals surface area (Å²) in [6.07, 6.45) is 1.85. The van der Waals surface area contributed by atoms with Gasteiger partial charge in [0.1, 0.15) is 6.04 Å². The van der Waals surface area contributed by atoms with Gasteiger partial charge in [-0.25, -0.2) is 9.86 Å². The Kier molecular flexibility index (Phi) is 6.25. The number of hydrogen-bond donors (Lipinski definition) is 2. The second-order valence-corrected chi connectivity index (χ2v) is 10.2. The van der Waals surface area contributed by atoms with Crippen LogP contribution in [-0.2, 0) is 20.1 Å². The molecule has 0 aliphatic carbocycles. The quantitative estimate of drug-likeness (QED) is 0.394. The van der Waals surface area contributed by atoms with Crippen molar-refractivity contribution < 1.29 is 5.21 Å². The minimum Gasteiger partial charge on any atom is -0.341 e. The Morgan fingerprint density at radius 2 is 1.82 bits per heavy atom. The first-order valence-electron chi connectivity index (χ1n) is 13.2. The van der Waals surface area contributed by atoms with Crippen LogP contribution in [0.15, 0.2) is 58.1 Å². The predicted molar refractivity (Wildman–Crippen MR) is 151 cm³/mol. The summed E-state index contributed by atoms with van der Waals surface area (Å²) in [5.74, 6) is 6.55. The number of benzene rings is 2. The summed E-state index contributed by atoms with van der Waals surface area (Å²) in [4.78, 5) is 34.5. The molecule has 0 amide bonds. The Hall–Kier alpha value is -4.33. The van der Waals surface area contributed by atoms with Crippen molar-refractivity contribution in [3.63, 3.8) is 0 Å². The molecule has 1 fully saturated rings. The predicted octanol–water partition coefficient (Wildman–Crippen LogP) is 2.47. The van der Waals surface area contributed by atoms with E-state index in [-0.39, 0.29) is 19.1 Å². The number of aromatic nitrogens is 4. The van der Waals surface area contributed by atoms with E-state index >= 15 is 0 Å². The van der Waals surface area contributed by atoms with Crippen molar-refractivity contribution in [1.29, 1.82) is 0 Å². The molecular formula is C29H31N7O3. The second kappa shape index (κ2) is 9.76. The van der Waals surface area contributed by atoms with Crippen LogP contribution in [-0.4, -0.2) is 43.0 Å². The Morgan fingerprint density at radius 1 is 1.08 bits per heavy atom. The van der Waals surface area contributed by atoms with Gasteiger partial charge in [0.05, 0.1) is 18.8 Å². The highest BCUT2D eigenvalue weighted by molar-refractivity contribution is 5.83. The molecule has 10 nitrogen and oxygen atoms in total. The minimum atomic E-state index is -0.648. The normalized spacial score (nSPS) is 18.5. The number of rotatable bonds is 4. The zero-order valence-corrected chi connectivity index (χ0v) is 22.0. The van der Waals surface area contributed by atoms with Crippen LogP contribution in [0.1, 0.15) is 31.4 Å². The summed E-state index contributed by atoms with van der Waals surface area (Å²) in [7, 11) is 1.62. The zero-order chi connectivity index (χ0) is 27.3. The summed E-state index contributed by atoms with van der Waals surface area (Å²) < 4.78 is 4.40. The second-order valence-electron chi connectivity index (χ2n) is 10.2. The monoisotopic (exact) mass is 525 g/mol. The maximum Gasteiger partial charge on any atom is 0.332 e. The van der Waals surface area contributed by atoms with E-state index in [1.54, 1.807) is 18.5 Å². The lowest BCUT2D eigenvalue weighted by atomic mass is 9.89. The molecule has 1 saturated heterocycles. The van der Waals surface area contributed by atoms with E-state index in [1.807, 2.05) is 48.5 Å². The smallest absolute Gasteiger partial charge is 0.332 e. The number of nitrogens with two attached hydrogens (primary N) is 1. The number of hydroxylamine groups is 1. The largest absolute Gasteiger partial charge is 0.341 e. The summed E-state index contributed by atoms with van der Waals surface area (Å²) in [6.45, 7) is 3.34. The standard InChI is InChI=1S/C29H31N7O3/c1-3-4-16-34-25-26(31-28(34)33-15-9-10-19(30)17-33)32(2)29(38)35(27(25)37)18-24-22-13-6-5-11-20(22)21-12-7-8-14-23(21)36(24)39/h5-8,11-14,19,24,39H,9-10,15-18,30H2,1-2H3/t19-,24?/m1/s1. The lowest BCUT2D eigenvalue weighted by Crippen LogP contribution is -2.44. The third-order valence-corrected chi connectivity index (χ3v) is 7.78. The molecule has 0 radical (unpaired) electrons. The maximum atomic E-state index is 14.1. The van der Waals surface area contributed by atoms with Gasteiger partial charge in [0, 0.05) is 31.7 Å². The van der Waals surface area contributed by atoms with Crippen LogP contribution < -0.4 is 26.9 Å². The Bertz CT molecular complexity index is 1760. The van der Waals surface area contributed by atoms with Gasteiger partial charge in [0.2, 0.25) is 5.95 Å². The Morgan fingerprint density at radius 3 is 2.59 bits per heavy atom. The molecule has 200 valence electrons. The molecule has 39 heavy (non-hydrogen) atoms. The van der Waals surface area contributed by atoms with Crippen LogP contribution in [0.2, 0.25) is 0 Å². The van der Waals surface area contributed by atoms with E-state index in [1.165, 1.54) is 9.13 Å². The summed E-state index contributed by atoms with van der Waals surface area (Å²) in [5.41, 5.74) is 9.22. The van der Waals surface area contributed by atoms with Gasteiger partial charge in [-0.3, -0.25) is 23.7 Å². The van der Waals surface area contributed by atoms with Crippen molar-refractivity contribution in [2.24, 2.45) is 12.8 Å². The van der Waals surface area contributed by atoms with E-state index in [2.05, 4.69) is 16.7 Å². The fourth-order valence-electron chi connectivity index (χ4n) is 5.84. The fourth-order valence-corrected chi connectivity index (χ4v) is 5.84. The highest BCUT2D eigenvalue weighted by atomic mass is 16.5. The van der Waals surface area contributed by atoms with Crippen molar-refractivity contribution in [1.82, 2.24) is 18.7 Å². The first-order chi connectivity index (χ1) is 18.9. The molecule has 10 heteroatoms. The lowest BCUT2D eigenvalue weighted by molar-refractivity contribution is 0.202. The maximum absolute atomic E-state index is 14.1. The van der Waals surface area contributed by atoms with Crippen LogP contribution in [0, 0.1) is 11.8 Å². The van der Waals surface area contributed by atoms with Crippen molar-refractivity contribution in [3.8, 4) is 23.0 Å². The molecule has 0 saturated carbocycles. The molecule has 4 heterocycles. The number of para-hydroxylation sites is 1. The van der Waals surface area contributed by atoms with E-state index < -0.39 is 17.3 Å². The van der Waals surface area contributed by atoms with E-state index in [9.17, 15) is 14.8 Å². The van der Waals surface area contributed by atoms with Crippen LogP contribution in [0.3, 0.4) is 0 Å².